The second-order valence-corrected chi connectivity index (χ2v) is 8.41. The van der Waals surface area contributed by atoms with Crippen LogP contribution in [0.4, 0.5) is 11.4 Å². The Morgan fingerprint density at radius 3 is 2.48 bits per heavy atom. The highest BCUT2D eigenvalue weighted by Crippen LogP contribution is 2.29. The molecule has 0 aliphatic heterocycles. The van der Waals surface area contributed by atoms with Gasteiger partial charge in [0.25, 0.3) is 0 Å². The molecule has 162 valence electrons. The lowest BCUT2D eigenvalue weighted by molar-refractivity contribution is -0.113. The number of nitrogens with zero attached hydrogens (tertiary/aromatic N) is 3. The fraction of sp³-hybridized carbons (Fsp3) is 0.0385. The van der Waals surface area contributed by atoms with Gasteiger partial charge in [-0.2, -0.15) is 0 Å². The number of anilines is 2. The summed E-state index contributed by atoms with van der Waals surface area (Å²) in [5, 5.41) is 14.5. The number of benzene rings is 4. The van der Waals surface area contributed by atoms with Crippen molar-refractivity contribution < 1.29 is 4.79 Å². The second kappa shape index (κ2) is 9.18. The zero-order valence-electron chi connectivity index (χ0n) is 17.7. The summed E-state index contributed by atoms with van der Waals surface area (Å²) in [5.41, 5.74) is 9.21. The molecule has 5 rings (SSSR count). The van der Waals surface area contributed by atoms with Crippen molar-refractivity contribution in [1.82, 2.24) is 14.8 Å². The lowest BCUT2D eigenvalue weighted by Crippen LogP contribution is -2.14. The van der Waals surface area contributed by atoms with Crippen molar-refractivity contribution >= 4 is 39.8 Å². The SMILES string of the molecule is Nc1cccc(-c2nnc(SCC(=O)Nc3cccc4ccccc34)n2-c2ccccc2)c1. The predicted octanol–water partition coefficient (Wildman–Crippen LogP) is 5.40. The largest absolute Gasteiger partial charge is 0.399 e. The first-order valence-corrected chi connectivity index (χ1v) is 11.4. The maximum absolute atomic E-state index is 12.8. The van der Waals surface area contributed by atoms with Gasteiger partial charge in [0.05, 0.1) is 5.75 Å². The van der Waals surface area contributed by atoms with Crippen molar-refractivity contribution in [2.24, 2.45) is 0 Å². The minimum Gasteiger partial charge on any atom is -0.399 e. The Balaban J connectivity index is 1.41. The number of hydrogen-bond donors (Lipinski definition) is 2. The lowest BCUT2D eigenvalue weighted by Gasteiger charge is -2.11. The number of carbonyl (C=O) groups excluding carboxylic acids is 1. The Morgan fingerprint density at radius 1 is 0.879 bits per heavy atom. The molecule has 7 heteroatoms. The molecule has 4 aromatic carbocycles. The number of rotatable bonds is 6. The zero-order chi connectivity index (χ0) is 22.6. The van der Waals surface area contributed by atoms with Gasteiger partial charge in [0, 0.05) is 28.0 Å². The Hall–Kier alpha value is -4.10. The molecule has 0 fully saturated rings. The van der Waals surface area contributed by atoms with Crippen LogP contribution in [0.15, 0.2) is 102 Å². The molecular formula is C26H21N5OS. The fourth-order valence-corrected chi connectivity index (χ4v) is 4.44. The standard InChI is InChI=1S/C26H21N5OS/c27-20-11-6-10-19(16-20)25-29-30-26(31(25)21-12-2-1-3-13-21)33-17-24(32)28-23-15-7-9-18-8-4-5-14-22(18)23/h1-16H,17,27H2,(H,28,32). The number of thioether (sulfide) groups is 1. The van der Waals surface area contributed by atoms with Crippen LogP contribution in [0.1, 0.15) is 0 Å². The quantitative estimate of drug-likeness (QED) is 0.267. The third-order valence-corrected chi connectivity index (χ3v) is 6.12. The molecule has 0 aliphatic rings. The first-order valence-electron chi connectivity index (χ1n) is 10.5. The molecule has 1 aromatic heterocycles. The van der Waals surface area contributed by atoms with Crippen LogP contribution in [-0.4, -0.2) is 26.4 Å². The predicted molar refractivity (Wildman–Crippen MR) is 135 cm³/mol. The molecule has 1 heterocycles. The molecule has 6 nitrogen and oxygen atoms in total. The summed E-state index contributed by atoms with van der Waals surface area (Å²) in [5.74, 6) is 0.764. The van der Waals surface area contributed by atoms with Gasteiger partial charge in [-0.1, -0.05) is 78.5 Å². The van der Waals surface area contributed by atoms with E-state index in [-0.39, 0.29) is 11.7 Å². The number of hydrogen-bond acceptors (Lipinski definition) is 5. The van der Waals surface area contributed by atoms with Crippen molar-refractivity contribution in [2.45, 2.75) is 5.16 Å². The molecule has 0 radical (unpaired) electrons. The van der Waals surface area contributed by atoms with Gasteiger partial charge in [0.1, 0.15) is 0 Å². The lowest BCUT2D eigenvalue weighted by atomic mass is 10.1. The summed E-state index contributed by atoms with van der Waals surface area (Å²) in [6.07, 6.45) is 0. The normalized spacial score (nSPS) is 10.9. The van der Waals surface area contributed by atoms with Crippen LogP contribution < -0.4 is 11.1 Å². The number of aromatic nitrogens is 3. The van der Waals surface area contributed by atoms with Crippen LogP contribution in [0.5, 0.6) is 0 Å². The van der Waals surface area contributed by atoms with Crippen LogP contribution in [0.2, 0.25) is 0 Å². The van der Waals surface area contributed by atoms with E-state index < -0.39 is 0 Å². The molecule has 33 heavy (non-hydrogen) atoms. The van der Waals surface area contributed by atoms with Crippen LogP contribution in [0, 0.1) is 0 Å². The fourth-order valence-electron chi connectivity index (χ4n) is 3.69. The smallest absolute Gasteiger partial charge is 0.234 e. The van der Waals surface area contributed by atoms with E-state index in [1.807, 2.05) is 102 Å². The number of nitrogens with one attached hydrogen (secondary N) is 1. The van der Waals surface area contributed by atoms with E-state index in [9.17, 15) is 4.79 Å². The van der Waals surface area contributed by atoms with Gasteiger partial charge in [0.2, 0.25) is 5.91 Å². The van der Waals surface area contributed by atoms with Crippen LogP contribution in [0.25, 0.3) is 27.8 Å². The molecule has 0 unspecified atom stereocenters. The number of nitrogens with two attached hydrogens (primary N) is 1. The van der Waals surface area contributed by atoms with Crippen LogP contribution in [0.3, 0.4) is 0 Å². The summed E-state index contributed by atoms with van der Waals surface area (Å²) in [4.78, 5) is 12.8. The third-order valence-electron chi connectivity index (χ3n) is 5.19. The van der Waals surface area contributed by atoms with Gasteiger partial charge in [-0.25, -0.2) is 0 Å². The summed E-state index contributed by atoms with van der Waals surface area (Å²) >= 11 is 1.34. The van der Waals surface area contributed by atoms with Crippen molar-refractivity contribution in [3.8, 4) is 17.1 Å². The minimum atomic E-state index is -0.107. The van der Waals surface area contributed by atoms with Crippen LogP contribution in [-0.2, 0) is 4.79 Å². The molecule has 3 N–H and O–H groups in total. The summed E-state index contributed by atoms with van der Waals surface area (Å²) in [6, 6.07) is 31.2. The summed E-state index contributed by atoms with van der Waals surface area (Å²) < 4.78 is 1.95. The third kappa shape index (κ3) is 4.44. The molecule has 0 atom stereocenters. The topological polar surface area (TPSA) is 85.8 Å². The zero-order valence-corrected chi connectivity index (χ0v) is 18.5. The van der Waals surface area contributed by atoms with Crippen molar-refractivity contribution in [3.63, 3.8) is 0 Å². The van der Waals surface area contributed by atoms with E-state index in [4.69, 9.17) is 5.73 Å². The van der Waals surface area contributed by atoms with Crippen molar-refractivity contribution in [1.29, 1.82) is 0 Å². The maximum Gasteiger partial charge on any atom is 0.234 e. The molecule has 1 amide bonds. The van der Waals surface area contributed by atoms with E-state index in [0.29, 0.717) is 16.7 Å². The molecule has 0 saturated heterocycles. The van der Waals surface area contributed by atoms with E-state index >= 15 is 0 Å². The molecule has 0 bridgehead atoms. The number of amides is 1. The highest BCUT2D eigenvalue weighted by molar-refractivity contribution is 7.99. The number of carbonyl (C=O) groups is 1. The van der Waals surface area contributed by atoms with Gasteiger partial charge in [-0.05, 0) is 35.7 Å². The van der Waals surface area contributed by atoms with Crippen LogP contribution >= 0.6 is 11.8 Å². The first kappa shape index (κ1) is 20.8. The Morgan fingerprint density at radius 2 is 1.64 bits per heavy atom. The monoisotopic (exact) mass is 451 g/mol. The average molecular weight is 452 g/mol. The van der Waals surface area contributed by atoms with E-state index in [2.05, 4.69) is 15.5 Å². The van der Waals surface area contributed by atoms with Gasteiger partial charge in [-0.15, -0.1) is 10.2 Å². The molecular weight excluding hydrogens is 430 g/mol. The Labute approximate surface area is 195 Å². The van der Waals surface area contributed by atoms with Crippen molar-refractivity contribution in [2.75, 3.05) is 16.8 Å². The Kier molecular flexibility index (Phi) is 5.78. The van der Waals surface area contributed by atoms with E-state index in [1.165, 1.54) is 11.8 Å². The van der Waals surface area contributed by atoms with Gasteiger partial charge in [-0.3, -0.25) is 9.36 Å². The maximum atomic E-state index is 12.8. The highest BCUT2D eigenvalue weighted by Gasteiger charge is 2.17. The minimum absolute atomic E-state index is 0.107. The first-order chi connectivity index (χ1) is 16.2. The van der Waals surface area contributed by atoms with E-state index in [1.54, 1.807) is 0 Å². The van der Waals surface area contributed by atoms with Gasteiger partial charge in [0.15, 0.2) is 11.0 Å². The average Bonchev–Trinajstić information content (AvgIpc) is 3.28. The number of fused-ring (bicyclic) bond motifs is 1. The van der Waals surface area contributed by atoms with Gasteiger partial charge < -0.3 is 11.1 Å². The highest BCUT2D eigenvalue weighted by atomic mass is 32.2. The number of para-hydroxylation sites is 1. The van der Waals surface area contributed by atoms with Gasteiger partial charge >= 0.3 is 0 Å². The van der Waals surface area contributed by atoms with Crippen molar-refractivity contribution in [3.05, 3.63) is 97.1 Å². The van der Waals surface area contributed by atoms with E-state index in [0.717, 1.165) is 27.7 Å². The molecule has 0 saturated carbocycles. The number of nitrogen functional groups attached to an aromatic ring is 1. The molecule has 0 aliphatic carbocycles. The Bertz CT molecular complexity index is 1430. The summed E-state index contributed by atoms with van der Waals surface area (Å²) in [6.45, 7) is 0. The summed E-state index contributed by atoms with van der Waals surface area (Å²) in [7, 11) is 0. The molecule has 5 aromatic rings. The second-order valence-electron chi connectivity index (χ2n) is 7.47. The molecule has 0 spiro atoms.